The Morgan fingerprint density at radius 3 is 1.25 bits per heavy atom. The molecule has 0 fully saturated rings. The fourth-order valence-electron chi connectivity index (χ4n) is 0. The summed E-state index contributed by atoms with van der Waals surface area (Å²) in [6, 6.07) is 0. The maximum atomic E-state index is 8.52. The SMILES string of the molecule is N[NH3+].O=S(=O)([O-])[O-].[Al+3]. The van der Waals surface area contributed by atoms with Crippen LogP contribution in [0.15, 0.2) is 0 Å². The van der Waals surface area contributed by atoms with Crippen molar-refractivity contribution in [3.8, 4) is 0 Å². The molecular weight excluding hydrogens is 151 g/mol. The van der Waals surface area contributed by atoms with E-state index in [4.69, 9.17) is 17.5 Å². The molecule has 0 aromatic carbocycles. The average molecular weight is 156 g/mol. The molecule has 0 aromatic rings. The molecule has 46 valence electrons. The third-order valence-corrected chi connectivity index (χ3v) is 0. The summed E-state index contributed by atoms with van der Waals surface area (Å²) in [7, 11) is -5.17. The first-order valence-corrected chi connectivity index (χ1v) is 2.41. The standard InChI is InChI=1S/Al.H4N2.H2O4S/c;1-2;1-5(2,3)4/h;1-2H2;(H2,1,2,3,4)/q+3;;/p-1. The third-order valence-electron chi connectivity index (χ3n) is 0. The fraction of sp³-hybridized carbons (Fsp3) is 0. The Kier molecular flexibility index (Phi) is 14.4. The number of rotatable bonds is 0. The predicted octanol–water partition coefficient (Wildman–Crippen LogP) is -3.62. The van der Waals surface area contributed by atoms with Gasteiger partial charge in [0.05, 0.1) is 0 Å². The van der Waals surface area contributed by atoms with Gasteiger partial charge < -0.3 is 9.11 Å². The molecule has 0 aromatic heterocycles. The molecule has 0 radical (unpaired) electrons. The molecule has 0 aliphatic heterocycles. The zero-order valence-electron chi connectivity index (χ0n) is 3.90. The molecule has 0 spiro atoms. The van der Waals surface area contributed by atoms with Crippen LogP contribution in [0, 0.1) is 0 Å². The second-order valence-electron chi connectivity index (χ2n) is 0.408. The normalized spacial score (nSPS) is 8.00. The van der Waals surface area contributed by atoms with Gasteiger partial charge >= 0.3 is 17.4 Å². The van der Waals surface area contributed by atoms with Crippen molar-refractivity contribution in [3.05, 3.63) is 0 Å². The van der Waals surface area contributed by atoms with Crippen molar-refractivity contribution in [1.82, 2.24) is 0 Å². The first kappa shape index (κ1) is 15.8. The van der Waals surface area contributed by atoms with E-state index in [1.807, 2.05) is 0 Å². The molecule has 0 heterocycles. The molecule has 0 unspecified atom stereocenters. The van der Waals surface area contributed by atoms with Crippen LogP contribution in [0.3, 0.4) is 0 Å². The van der Waals surface area contributed by atoms with Crippen LogP contribution in [-0.4, -0.2) is 34.9 Å². The summed E-state index contributed by atoms with van der Waals surface area (Å²) >= 11 is 0. The van der Waals surface area contributed by atoms with E-state index in [0.29, 0.717) is 0 Å². The first-order chi connectivity index (χ1) is 3.00. The van der Waals surface area contributed by atoms with Crippen molar-refractivity contribution >= 4 is 27.8 Å². The second-order valence-corrected chi connectivity index (χ2v) is 1.22. The summed E-state index contributed by atoms with van der Waals surface area (Å²) in [6.07, 6.45) is 0. The van der Waals surface area contributed by atoms with Gasteiger partial charge in [0.2, 0.25) is 0 Å². The smallest absolute Gasteiger partial charge is 0.759 e. The van der Waals surface area contributed by atoms with Gasteiger partial charge in [-0.3, -0.25) is 14.3 Å². The molecule has 0 amide bonds. The van der Waals surface area contributed by atoms with Gasteiger partial charge in [-0.2, -0.15) is 5.84 Å². The number of nitrogens with two attached hydrogens (primary N) is 1. The first-order valence-electron chi connectivity index (χ1n) is 1.07. The van der Waals surface area contributed by atoms with Crippen LogP contribution < -0.4 is 11.7 Å². The minimum atomic E-state index is -5.17. The van der Waals surface area contributed by atoms with Crippen LogP contribution >= 0.6 is 0 Å². The van der Waals surface area contributed by atoms with Crippen molar-refractivity contribution in [1.29, 1.82) is 0 Å². The van der Waals surface area contributed by atoms with Crippen molar-refractivity contribution in [3.63, 3.8) is 0 Å². The average Bonchev–Trinajstić information content (AvgIpc) is 1.36. The zero-order valence-corrected chi connectivity index (χ0v) is 5.87. The minimum absolute atomic E-state index is 0. The van der Waals surface area contributed by atoms with Gasteiger partial charge in [0, 0.05) is 10.4 Å². The van der Waals surface area contributed by atoms with Crippen molar-refractivity contribution < 1.29 is 23.4 Å². The maximum Gasteiger partial charge on any atom is 3.00 e. The van der Waals surface area contributed by atoms with Gasteiger partial charge in [0.1, 0.15) is 0 Å². The van der Waals surface area contributed by atoms with E-state index in [2.05, 4.69) is 11.7 Å². The summed E-state index contributed by atoms with van der Waals surface area (Å²) < 4.78 is 34.1. The van der Waals surface area contributed by atoms with Crippen molar-refractivity contribution in [2.45, 2.75) is 0 Å². The van der Waals surface area contributed by atoms with E-state index in [-0.39, 0.29) is 17.4 Å². The molecule has 0 aliphatic carbocycles. The quantitative estimate of drug-likeness (QED) is 0.123. The molecule has 8 heteroatoms. The number of quaternary nitrogens is 1. The Morgan fingerprint density at radius 2 is 1.25 bits per heavy atom. The van der Waals surface area contributed by atoms with E-state index in [1.54, 1.807) is 0 Å². The summed E-state index contributed by atoms with van der Waals surface area (Å²) in [5.74, 6) is 7.00. The van der Waals surface area contributed by atoms with Crippen molar-refractivity contribution in [2.75, 3.05) is 0 Å². The largest absolute Gasteiger partial charge is 3.00 e. The van der Waals surface area contributed by atoms with Crippen LogP contribution in [0.2, 0.25) is 0 Å². The van der Waals surface area contributed by atoms with E-state index in [1.165, 1.54) is 0 Å². The van der Waals surface area contributed by atoms with Gasteiger partial charge in [-0.05, 0) is 0 Å². The summed E-state index contributed by atoms with van der Waals surface area (Å²) in [5, 5.41) is 0. The maximum absolute atomic E-state index is 8.52. The zero-order chi connectivity index (χ0) is 6.50. The van der Waals surface area contributed by atoms with E-state index in [0.717, 1.165) is 0 Å². The molecule has 0 aliphatic rings. The molecule has 6 nitrogen and oxygen atoms in total. The molecular formula is H5AlN2O4S+2. The Bertz CT molecular complexity index is 97.2. The monoisotopic (exact) mass is 156 g/mol. The molecule has 0 rings (SSSR count). The molecule has 8 heavy (non-hydrogen) atoms. The van der Waals surface area contributed by atoms with Gasteiger partial charge in [-0.1, -0.05) is 0 Å². The Labute approximate surface area is 57.5 Å². The summed E-state index contributed by atoms with van der Waals surface area (Å²) in [4.78, 5) is 0. The molecule has 0 bridgehead atoms. The summed E-state index contributed by atoms with van der Waals surface area (Å²) in [6.45, 7) is 0. The Balaban J connectivity index is -0.0000000750. The molecule has 0 saturated carbocycles. The van der Waals surface area contributed by atoms with Crippen LogP contribution in [0.4, 0.5) is 0 Å². The second kappa shape index (κ2) is 7.32. The van der Waals surface area contributed by atoms with Gasteiger partial charge in [-0.15, -0.1) is 0 Å². The van der Waals surface area contributed by atoms with E-state index in [9.17, 15) is 0 Å². The van der Waals surface area contributed by atoms with Crippen LogP contribution in [0.5, 0.6) is 0 Å². The minimum Gasteiger partial charge on any atom is -0.759 e. The molecule has 0 atom stereocenters. The third kappa shape index (κ3) is 1720. The van der Waals surface area contributed by atoms with E-state index < -0.39 is 10.4 Å². The van der Waals surface area contributed by atoms with Gasteiger partial charge in [0.15, 0.2) is 0 Å². The number of hydrogen-bond acceptors (Lipinski definition) is 5. The fourth-order valence-corrected chi connectivity index (χ4v) is 0. The Hall–Kier alpha value is 0.322. The van der Waals surface area contributed by atoms with Crippen molar-refractivity contribution in [2.24, 2.45) is 5.84 Å². The topological polar surface area (TPSA) is 134 Å². The van der Waals surface area contributed by atoms with Gasteiger partial charge in [-0.25, -0.2) is 0 Å². The van der Waals surface area contributed by atoms with Crippen LogP contribution in [0.1, 0.15) is 0 Å². The Morgan fingerprint density at radius 1 is 1.25 bits per heavy atom. The number of hydrogen-bond donors (Lipinski definition) is 2. The van der Waals surface area contributed by atoms with Crippen LogP contribution in [-0.2, 0) is 10.4 Å². The predicted molar refractivity (Wildman–Crippen MR) is 23.3 cm³/mol. The summed E-state index contributed by atoms with van der Waals surface area (Å²) in [5.41, 5.74) is 0. The molecule has 0 saturated heterocycles. The van der Waals surface area contributed by atoms with Gasteiger partial charge in [0.25, 0.3) is 0 Å². The molecule has 5 N–H and O–H groups in total. The van der Waals surface area contributed by atoms with E-state index >= 15 is 0 Å². The van der Waals surface area contributed by atoms with Crippen LogP contribution in [0.25, 0.3) is 0 Å².